The first-order valence-corrected chi connectivity index (χ1v) is 7.75. The average Bonchev–Trinajstić information content (AvgIpc) is 3.18. The van der Waals surface area contributed by atoms with Gasteiger partial charge >= 0.3 is 0 Å². The number of furan rings is 1. The molecule has 1 heterocycles. The highest BCUT2D eigenvalue weighted by molar-refractivity contribution is 5.22. The van der Waals surface area contributed by atoms with Crippen molar-refractivity contribution < 1.29 is 9.52 Å². The third kappa shape index (κ3) is 3.20. The van der Waals surface area contributed by atoms with E-state index in [-0.39, 0.29) is 11.5 Å². The Hall–Kier alpha value is -1.58. The fourth-order valence-electron chi connectivity index (χ4n) is 2.84. The van der Waals surface area contributed by atoms with Crippen LogP contribution >= 0.6 is 0 Å². The SMILES string of the molecule is CCc1ccc(CNCC2(C(O)c3ccccc3)CC2)o1. The molecule has 0 bridgehead atoms. The van der Waals surface area contributed by atoms with Crippen LogP contribution < -0.4 is 5.32 Å². The lowest BCUT2D eigenvalue weighted by atomic mass is 9.93. The van der Waals surface area contributed by atoms with E-state index in [1.807, 2.05) is 42.5 Å². The minimum absolute atomic E-state index is 0.00152. The topological polar surface area (TPSA) is 45.4 Å². The Kier molecular flexibility index (Phi) is 4.13. The summed E-state index contributed by atoms with van der Waals surface area (Å²) in [6.07, 6.45) is 2.70. The van der Waals surface area contributed by atoms with Crippen LogP contribution in [0.1, 0.15) is 43.0 Å². The maximum absolute atomic E-state index is 10.6. The van der Waals surface area contributed by atoms with Crippen LogP contribution in [-0.4, -0.2) is 11.7 Å². The van der Waals surface area contributed by atoms with Gasteiger partial charge in [0.15, 0.2) is 0 Å². The van der Waals surface area contributed by atoms with Crippen molar-refractivity contribution in [3.05, 3.63) is 59.5 Å². The Labute approximate surface area is 126 Å². The van der Waals surface area contributed by atoms with Crippen LogP contribution in [0.5, 0.6) is 0 Å². The van der Waals surface area contributed by atoms with E-state index in [1.54, 1.807) is 0 Å². The summed E-state index contributed by atoms with van der Waals surface area (Å²) in [5.41, 5.74) is 1.02. The lowest BCUT2D eigenvalue weighted by molar-refractivity contribution is 0.0914. The zero-order valence-corrected chi connectivity index (χ0v) is 12.5. The maximum Gasteiger partial charge on any atom is 0.117 e. The monoisotopic (exact) mass is 285 g/mol. The van der Waals surface area contributed by atoms with Crippen LogP contribution in [0.2, 0.25) is 0 Å². The molecule has 112 valence electrons. The number of benzene rings is 1. The first-order valence-electron chi connectivity index (χ1n) is 7.75. The minimum Gasteiger partial charge on any atom is -0.465 e. The second kappa shape index (κ2) is 6.04. The highest BCUT2D eigenvalue weighted by Crippen LogP contribution is 2.54. The van der Waals surface area contributed by atoms with Gasteiger partial charge in [0.05, 0.1) is 12.6 Å². The van der Waals surface area contributed by atoms with E-state index in [0.29, 0.717) is 0 Å². The molecule has 3 heteroatoms. The third-order valence-electron chi connectivity index (χ3n) is 4.43. The molecule has 21 heavy (non-hydrogen) atoms. The first kappa shape index (κ1) is 14.4. The summed E-state index contributed by atoms with van der Waals surface area (Å²) in [4.78, 5) is 0. The van der Waals surface area contributed by atoms with Gasteiger partial charge < -0.3 is 14.8 Å². The predicted octanol–water partition coefficient (Wildman–Crippen LogP) is 3.45. The number of nitrogens with one attached hydrogen (secondary N) is 1. The van der Waals surface area contributed by atoms with Crippen LogP contribution in [-0.2, 0) is 13.0 Å². The van der Waals surface area contributed by atoms with E-state index < -0.39 is 0 Å². The molecular weight excluding hydrogens is 262 g/mol. The third-order valence-corrected chi connectivity index (χ3v) is 4.43. The number of rotatable bonds is 7. The molecule has 2 N–H and O–H groups in total. The summed E-state index contributed by atoms with van der Waals surface area (Å²) in [6.45, 7) is 3.64. The molecule has 0 amide bonds. The van der Waals surface area contributed by atoms with Gasteiger partial charge in [-0.25, -0.2) is 0 Å². The Morgan fingerprint density at radius 1 is 1.14 bits per heavy atom. The second-order valence-electron chi connectivity index (χ2n) is 6.00. The maximum atomic E-state index is 10.6. The number of aliphatic hydroxyl groups is 1. The van der Waals surface area contributed by atoms with Gasteiger partial charge in [0.1, 0.15) is 11.5 Å². The van der Waals surface area contributed by atoms with Crippen molar-refractivity contribution in [2.24, 2.45) is 5.41 Å². The standard InChI is InChI=1S/C18H23NO2/c1-2-15-8-9-16(21-15)12-19-13-18(10-11-18)17(20)14-6-4-3-5-7-14/h3-9,17,19-20H,2,10-13H2,1H3. The summed E-state index contributed by atoms with van der Waals surface area (Å²) >= 11 is 0. The van der Waals surface area contributed by atoms with Crippen molar-refractivity contribution in [3.63, 3.8) is 0 Å². The zero-order chi connectivity index (χ0) is 14.7. The van der Waals surface area contributed by atoms with Gasteiger partial charge in [-0.1, -0.05) is 37.3 Å². The molecule has 1 aliphatic rings. The molecular formula is C18H23NO2. The molecule has 3 nitrogen and oxygen atoms in total. The van der Waals surface area contributed by atoms with Crippen LogP contribution in [0.4, 0.5) is 0 Å². The molecule has 1 aliphatic carbocycles. The summed E-state index contributed by atoms with van der Waals surface area (Å²) in [6, 6.07) is 14.0. The number of hydrogen-bond donors (Lipinski definition) is 2. The predicted molar refractivity (Wildman–Crippen MR) is 82.9 cm³/mol. The quantitative estimate of drug-likeness (QED) is 0.819. The Morgan fingerprint density at radius 2 is 1.86 bits per heavy atom. The van der Waals surface area contributed by atoms with Crippen LogP contribution in [0, 0.1) is 5.41 Å². The summed E-state index contributed by atoms with van der Waals surface area (Å²) in [7, 11) is 0. The largest absolute Gasteiger partial charge is 0.465 e. The second-order valence-corrected chi connectivity index (χ2v) is 6.00. The lowest BCUT2D eigenvalue weighted by Crippen LogP contribution is -2.28. The molecule has 1 fully saturated rings. The van der Waals surface area contributed by atoms with Crippen molar-refractivity contribution in [2.75, 3.05) is 6.54 Å². The van der Waals surface area contributed by atoms with Gasteiger partial charge in [0, 0.05) is 18.4 Å². The van der Waals surface area contributed by atoms with E-state index in [1.165, 1.54) is 0 Å². The fourth-order valence-corrected chi connectivity index (χ4v) is 2.84. The Morgan fingerprint density at radius 3 is 2.48 bits per heavy atom. The van der Waals surface area contributed by atoms with Crippen molar-refractivity contribution in [1.82, 2.24) is 5.32 Å². The van der Waals surface area contributed by atoms with Gasteiger partial charge in [-0.05, 0) is 30.5 Å². The summed E-state index contributed by atoms with van der Waals surface area (Å²) in [5.74, 6) is 1.99. The van der Waals surface area contributed by atoms with E-state index >= 15 is 0 Å². The fraction of sp³-hybridized carbons (Fsp3) is 0.444. The summed E-state index contributed by atoms with van der Waals surface area (Å²) in [5, 5.41) is 14.0. The number of aliphatic hydroxyl groups excluding tert-OH is 1. The smallest absolute Gasteiger partial charge is 0.117 e. The molecule has 0 aliphatic heterocycles. The highest BCUT2D eigenvalue weighted by Gasteiger charge is 2.48. The van der Waals surface area contributed by atoms with Crippen molar-refractivity contribution >= 4 is 0 Å². The molecule has 1 aromatic carbocycles. The van der Waals surface area contributed by atoms with Crippen molar-refractivity contribution in [3.8, 4) is 0 Å². The van der Waals surface area contributed by atoms with Crippen LogP contribution in [0.25, 0.3) is 0 Å². The molecule has 1 atom stereocenters. The van der Waals surface area contributed by atoms with E-state index in [0.717, 1.165) is 49.4 Å². The van der Waals surface area contributed by atoms with Gasteiger partial charge in [0.25, 0.3) is 0 Å². The highest BCUT2D eigenvalue weighted by atomic mass is 16.3. The lowest BCUT2D eigenvalue weighted by Gasteiger charge is -2.23. The molecule has 0 saturated heterocycles. The van der Waals surface area contributed by atoms with Crippen molar-refractivity contribution in [2.45, 2.75) is 38.8 Å². The zero-order valence-electron chi connectivity index (χ0n) is 12.5. The molecule has 1 saturated carbocycles. The Balaban J connectivity index is 1.55. The van der Waals surface area contributed by atoms with Gasteiger partial charge in [-0.15, -0.1) is 0 Å². The molecule has 0 spiro atoms. The molecule has 3 rings (SSSR count). The molecule has 1 unspecified atom stereocenters. The van der Waals surface area contributed by atoms with E-state index in [4.69, 9.17) is 4.42 Å². The summed E-state index contributed by atoms with van der Waals surface area (Å²) < 4.78 is 5.69. The first-order chi connectivity index (χ1) is 10.2. The van der Waals surface area contributed by atoms with Gasteiger partial charge in [-0.3, -0.25) is 0 Å². The van der Waals surface area contributed by atoms with Gasteiger partial charge in [-0.2, -0.15) is 0 Å². The number of aryl methyl sites for hydroxylation is 1. The van der Waals surface area contributed by atoms with Crippen LogP contribution in [0.15, 0.2) is 46.9 Å². The molecule has 1 aromatic heterocycles. The normalized spacial score (nSPS) is 17.6. The molecule has 2 aromatic rings. The number of hydrogen-bond acceptors (Lipinski definition) is 3. The van der Waals surface area contributed by atoms with Gasteiger partial charge in [0.2, 0.25) is 0 Å². The molecule has 0 radical (unpaired) electrons. The Bertz CT molecular complexity index is 572. The van der Waals surface area contributed by atoms with Crippen molar-refractivity contribution in [1.29, 1.82) is 0 Å². The van der Waals surface area contributed by atoms with E-state index in [9.17, 15) is 5.11 Å². The average molecular weight is 285 g/mol. The van der Waals surface area contributed by atoms with E-state index in [2.05, 4.69) is 12.2 Å². The van der Waals surface area contributed by atoms with Crippen LogP contribution in [0.3, 0.4) is 0 Å². The minimum atomic E-state index is -0.381.